The lowest BCUT2D eigenvalue weighted by molar-refractivity contribution is 0.395. The van der Waals surface area contributed by atoms with Crippen LogP contribution in [0.4, 0.5) is 5.69 Å². The zero-order chi connectivity index (χ0) is 14.4. The Balaban J connectivity index is 2.79. The topological polar surface area (TPSA) is 30.5 Å². The first-order valence-corrected chi connectivity index (χ1v) is 7.03. The summed E-state index contributed by atoms with van der Waals surface area (Å²) in [6, 6.07) is 4.03. The van der Waals surface area contributed by atoms with E-state index < -0.39 is 0 Å². The van der Waals surface area contributed by atoms with Crippen molar-refractivity contribution in [2.24, 2.45) is 5.92 Å². The van der Waals surface area contributed by atoms with Gasteiger partial charge in [0.15, 0.2) is 0 Å². The Morgan fingerprint density at radius 2 is 1.68 bits per heavy atom. The molecule has 1 unspecified atom stereocenters. The van der Waals surface area contributed by atoms with Crippen molar-refractivity contribution in [2.45, 2.75) is 39.7 Å². The van der Waals surface area contributed by atoms with Gasteiger partial charge in [-0.1, -0.05) is 25.4 Å². The summed E-state index contributed by atoms with van der Waals surface area (Å²) in [5.41, 5.74) is 0.907. The van der Waals surface area contributed by atoms with Gasteiger partial charge in [0.25, 0.3) is 0 Å². The van der Waals surface area contributed by atoms with Crippen LogP contribution in [0.3, 0.4) is 0 Å². The molecule has 3 nitrogen and oxygen atoms in total. The summed E-state index contributed by atoms with van der Waals surface area (Å²) in [6.45, 7) is 6.63. The monoisotopic (exact) mass is 285 g/mol. The summed E-state index contributed by atoms with van der Waals surface area (Å²) < 4.78 is 10.6. The summed E-state index contributed by atoms with van der Waals surface area (Å²) in [7, 11) is 3.24. The second-order valence-electron chi connectivity index (χ2n) is 5.20. The number of nitrogens with one attached hydrogen (secondary N) is 1. The second kappa shape index (κ2) is 7.49. The van der Waals surface area contributed by atoms with E-state index in [1.54, 1.807) is 20.3 Å². The number of methoxy groups -OCH3 is 2. The van der Waals surface area contributed by atoms with Gasteiger partial charge in [0.2, 0.25) is 0 Å². The van der Waals surface area contributed by atoms with Crippen molar-refractivity contribution in [1.29, 1.82) is 0 Å². The van der Waals surface area contributed by atoms with Crippen LogP contribution in [0.1, 0.15) is 33.6 Å². The lowest BCUT2D eigenvalue weighted by Gasteiger charge is -2.19. The van der Waals surface area contributed by atoms with Crippen LogP contribution in [0, 0.1) is 5.92 Å². The van der Waals surface area contributed by atoms with Crippen LogP contribution < -0.4 is 14.8 Å². The summed E-state index contributed by atoms with van der Waals surface area (Å²) in [6.07, 6.45) is 2.31. The van der Waals surface area contributed by atoms with Crippen LogP contribution in [0.2, 0.25) is 5.02 Å². The second-order valence-corrected chi connectivity index (χ2v) is 5.61. The molecular formula is C15H24ClNO2. The molecule has 0 aliphatic rings. The molecule has 108 valence electrons. The van der Waals surface area contributed by atoms with Crippen LogP contribution in [0.25, 0.3) is 0 Å². The van der Waals surface area contributed by atoms with Crippen molar-refractivity contribution < 1.29 is 9.47 Å². The third kappa shape index (κ3) is 4.83. The van der Waals surface area contributed by atoms with Crippen LogP contribution in [-0.2, 0) is 0 Å². The van der Waals surface area contributed by atoms with Gasteiger partial charge in [0, 0.05) is 12.1 Å². The summed E-state index contributed by atoms with van der Waals surface area (Å²) in [5.74, 6) is 2.09. The average molecular weight is 286 g/mol. The molecular weight excluding hydrogens is 262 g/mol. The van der Waals surface area contributed by atoms with Crippen molar-refractivity contribution in [3.8, 4) is 11.5 Å². The van der Waals surface area contributed by atoms with Gasteiger partial charge < -0.3 is 14.8 Å². The molecule has 1 rings (SSSR count). The smallest absolute Gasteiger partial charge is 0.145 e. The molecule has 0 fully saturated rings. The molecule has 0 amide bonds. The predicted molar refractivity (Wildman–Crippen MR) is 81.7 cm³/mol. The molecule has 1 aromatic carbocycles. The van der Waals surface area contributed by atoms with Gasteiger partial charge in [-0.05, 0) is 31.7 Å². The molecule has 0 saturated carbocycles. The lowest BCUT2D eigenvalue weighted by Crippen LogP contribution is -2.16. The number of rotatable bonds is 7. The van der Waals surface area contributed by atoms with Crippen molar-refractivity contribution >= 4 is 17.3 Å². The zero-order valence-corrected chi connectivity index (χ0v) is 13.2. The molecule has 0 saturated heterocycles. The standard InChI is InChI=1S/C15H24ClNO2/c1-10(2)6-7-11(3)17-13-8-12(16)14(18-4)9-15(13)19-5/h8-11,17H,6-7H2,1-5H3. The maximum Gasteiger partial charge on any atom is 0.145 e. The molecule has 0 heterocycles. The molecule has 0 aliphatic heterocycles. The third-order valence-corrected chi connectivity index (χ3v) is 3.35. The number of hydrogen-bond acceptors (Lipinski definition) is 3. The SMILES string of the molecule is COc1cc(OC)c(NC(C)CCC(C)C)cc1Cl. The van der Waals surface area contributed by atoms with Gasteiger partial charge in [-0.2, -0.15) is 0 Å². The minimum absolute atomic E-state index is 0.376. The van der Waals surface area contributed by atoms with Crippen LogP contribution >= 0.6 is 11.6 Å². The molecule has 0 spiro atoms. The lowest BCUT2D eigenvalue weighted by atomic mass is 10.0. The van der Waals surface area contributed by atoms with Crippen molar-refractivity contribution in [2.75, 3.05) is 19.5 Å². The maximum absolute atomic E-state index is 6.15. The molecule has 4 heteroatoms. The van der Waals surface area contributed by atoms with E-state index in [-0.39, 0.29) is 0 Å². The van der Waals surface area contributed by atoms with Gasteiger partial charge >= 0.3 is 0 Å². The summed E-state index contributed by atoms with van der Waals surface area (Å²) in [5, 5.41) is 4.03. The molecule has 0 radical (unpaired) electrons. The zero-order valence-electron chi connectivity index (χ0n) is 12.4. The van der Waals surface area contributed by atoms with Crippen LogP contribution in [0.15, 0.2) is 12.1 Å². The van der Waals surface area contributed by atoms with E-state index in [1.165, 1.54) is 6.42 Å². The van der Waals surface area contributed by atoms with E-state index in [0.29, 0.717) is 22.7 Å². The number of hydrogen-bond donors (Lipinski definition) is 1. The Labute approximate surface area is 121 Å². The molecule has 0 aliphatic carbocycles. The first kappa shape index (κ1) is 16.0. The highest BCUT2D eigenvalue weighted by molar-refractivity contribution is 6.32. The van der Waals surface area contributed by atoms with E-state index >= 15 is 0 Å². The minimum atomic E-state index is 0.376. The van der Waals surface area contributed by atoms with E-state index in [2.05, 4.69) is 26.1 Å². The van der Waals surface area contributed by atoms with Gasteiger partial charge in [-0.3, -0.25) is 0 Å². The fraction of sp³-hybridized carbons (Fsp3) is 0.600. The van der Waals surface area contributed by atoms with Gasteiger partial charge in [0.1, 0.15) is 11.5 Å². The highest BCUT2D eigenvalue weighted by Crippen LogP contribution is 2.36. The van der Waals surface area contributed by atoms with Crippen molar-refractivity contribution in [1.82, 2.24) is 0 Å². The van der Waals surface area contributed by atoms with Crippen molar-refractivity contribution in [3.63, 3.8) is 0 Å². The fourth-order valence-corrected chi connectivity index (χ4v) is 2.13. The Bertz CT molecular complexity index is 407. The van der Waals surface area contributed by atoms with Gasteiger partial charge in [-0.25, -0.2) is 0 Å². The third-order valence-electron chi connectivity index (χ3n) is 3.05. The highest BCUT2D eigenvalue weighted by Gasteiger charge is 2.12. The first-order valence-electron chi connectivity index (χ1n) is 6.66. The average Bonchev–Trinajstić information content (AvgIpc) is 2.36. The Kier molecular flexibility index (Phi) is 6.29. The number of ether oxygens (including phenoxy) is 2. The quantitative estimate of drug-likeness (QED) is 0.794. The first-order chi connectivity index (χ1) is 8.97. The normalized spacial score (nSPS) is 12.4. The van der Waals surface area contributed by atoms with E-state index in [9.17, 15) is 0 Å². The molecule has 1 N–H and O–H groups in total. The molecule has 1 aromatic rings. The Morgan fingerprint density at radius 3 is 2.21 bits per heavy atom. The van der Waals surface area contributed by atoms with E-state index in [1.807, 2.05) is 6.07 Å². The van der Waals surface area contributed by atoms with E-state index in [0.717, 1.165) is 17.9 Å². The molecule has 0 aromatic heterocycles. The Hall–Kier alpha value is -1.09. The number of halogens is 1. The number of benzene rings is 1. The predicted octanol–water partition coefficient (Wildman–Crippen LogP) is 4.59. The highest BCUT2D eigenvalue weighted by atomic mass is 35.5. The molecule has 1 atom stereocenters. The Morgan fingerprint density at radius 1 is 1.05 bits per heavy atom. The molecule has 19 heavy (non-hydrogen) atoms. The molecule has 0 bridgehead atoms. The summed E-state index contributed by atoms with van der Waals surface area (Å²) >= 11 is 6.15. The van der Waals surface area contributed by atoms with Crippen LogP contribution in [0.5, 0.6) is 11.5 Å². The maximum atomic E-state index is 6.15. The minimum Gasteiger partial charge on any atom is -0.495 e. The van der Waals surface area contributed by atoms with E-state index in [4.69, 9.17) is 21.1 Å². The van der Waals surface area contributed by atoms with Gasteiger partial charge in [0.05, 0.1) is 24.9 Å². The van der Waals surface area contributed by atoms with Crippen molar-refractivity contribution in [3.05, 3.63) is 17.2 Å². The fourth-order valence-electron chi connectivity index (χ4n) is 1.89. The van der Waals surface area contributed by atoms with Crippen LogP contribution in [-0.4, -0.2) is 20.3 Å². The number of anilines is 1. The van der Waals surface area contributed by atoms with Gasteiger partial charge in [-0.15, -0.1) is 0 Å². The largest absolute Gasteiger partial charge is 0.495 e. The summed E-state index contributed by atoms with van der Waals surface area (Å²) in [4.78, 5) is 0.